The van der Waals surface area contributed by atoms with E-state index in [1.165, 1.54) is 11.3 Å². The van der Waals surface area contributed by atoms with Gasteiger partial charge in [0.2, 0.25) is 5.91 Å². The Morgan fingerprint density at radius 2 is 1.58 bits per heavy atom. The van der Waals surface area contributed by atoms with Gasteiger partial charge in [0, 0.05) is 6.42 Å². The van der Waals surface area contributed by atoms with Crippen LogP contribution in [0.2, 0.25) is 0 Å². The molecule has 31 heavy (non-hydrogen) atoms. The number of amides is 2. The van der Waals surface area contributed by atoms with Crippen molar-refractivity contribution in [2.75, 3.05) is 0 Å². The van der Waals surface area contributed by atoms with Gasteiger partial charge in [-0.3, -0.25) is 9.59 Å². The zero-order valence-electron chi connectivity index (χ0n) is 17.2. The molecule has 0 fully saturated rings. The minimum Gasteiger partial charge on any atom is -0.348 e. The average molecular weight is 429 g/mol. The predicted octanol–water partition coefficient (Wildman–Crippen LogP) is 5.12. The van der Waals surface area contributed by atoms with Crippen LogP contribution in [0.5, 0.6) is 0 Å². The molecule has 4 rings (SSSR count). The maximum absolute atomic E-state index is 13.2. The second-order valence-corrected chi connectivity index (χ2v) is 8.48. The van der Waals surface area contributed by atoms with E-state index in [1.54, 1.807) is 6.07 Å². The molecule has 0 spiro atoms. The SMILES string of the molecule is CC(NC(=O)C(Cc1ccccc1)NC(=O)c1cccs1)c1ccc2ccccc2c1. The van der Waals surface area contributed by atoms with Crippen LogP contribution in [0.4, 0.5) is 0 Å². The second-order valence-electron chi connectivity index (χ2n) is 7.53. The number of benzene rings is 3. The van der Waals surface area contributed by atoms with Gasteiger partial charge in [-0.2, -0.15) is 0 Å². The summed E-state index contributed by atoms with van der Waals surface area (Å²) in [6.07, 6.45) is 0.425. The zero-order chi connectivity index (χ0) is 21.6. The van der Waals surface area contributed by atoms with Gasteiger partial charge in [0.25, 0.3) is 5.91 Å². The van der Waals surface area contributed by atoms with Crippen molar-refractivity contribution in [3.05, 3.63) is 106 Å². The van der Waals surface area contributed by atoms with E-state index in [2.05, 4.69) is 34.9 Å². The van der Waals surface area contributed by atoms with Crippen molar-refractivity contribution in [1.82, 2.24) is 10.6 Å². The number of thiophene rings is 1. The second kappa shape index (κ2) is 9.58. The first kappa shape index (κ1) is 20.8. The number of nitrogens with one attached hydrogen (secondary N) is 2. The lowest BCUT2D eigenvalue weighted by Gasteiger charge is -2.22. The molecule has 0 saturated carbocycles. The Kier molecular flexibility index (Phi) is 6.43. The molecule has 1 heterocycles. The predicted molar refractivity (Wildman–Crippen MR) is 126 cm³/mol. The first-order valence-corrected chi connectivity index (χ1v) is 11.2. The third-order valence-electron chi connectivity index (χ3n) is 5.28. The molecule has 4 nitrogen and oxygen atoms in total. The minimum atomic E-state index is -0.667. The highest BCUT2D eigenvalue weighted by Crippen LogP contribution is 2.20. The van der Waals surface area contributed by atoms with Crippen molar-refractivity contribution >= 4 is 33.9 Å². The molecular formula is C26H24N2O2S. The van der Waals surface area contributed by atoms with Crippen molar-refractivity contribution in [3.63, 3.8) is 0 Å². The molecule has 0 saturated heterocycles. The molecule has 0 aliphatic rings. The summed E-state index contributed by atoms with van der Waals surface area (Å²) in [5.74, 6) is -0.432. The minimum absolute atomic E-state index is 0.186. The highest BCUT2D eigenvalue weighted by molar-refractivity contribution is 7.12. The van der Waals surface area contributed by atoms with Crippen LogP contribution in [0.1, 0.15) is 33.8 Å². The summed E-state index contributed by atoms with van der Waals surface area (Å²) in [6, 6.07) is 26.8. The molecule has 2 unspecified atom stereocenters. The van der Waals surface area contributed by atoms with E-state index in [4.69, 9.17) is 0 Å². The van der Waals surface area contributed by atoms with Crippen LogP contribution < -0.4 is 10.6 Å². The van der Waals surface area contributed by atoms with E-state index in [1.807, 2.05) is 66.9 Å². The topological polar surface area (TPSA) is 58.2 Å². The van der Waals surface area contributed by atoms with Crippen LogP contribution in [0, 0.1) is 0 Å². The average Bonchev–Trinajstić information content (AvgIpc) is 3.34. The maximum Gasteiger partial charge on any atom is 0.262 e. The summed E-state index contributed by atoms with van der Waals surface area (Å²) in [6.45, 7) is 1.96. The van der Waals surface area contributed by atoms with Crippen molar-refractivity contribution in [1.29, 1.82) is 0 Å². The lowest BCUT2D eigenvalue weighted by atomic mass is 10.0. The van der Waals surface area contributed by atoms with Gasteiger partial charge in [0.15, 0.2) is 0 Å². The number of fused-ring (bicyclic) bond motifs is 1. The van der Waals surface area contributed by atoms with Crippen LogP contribution in [0.25, 0.3) is 10.8 Å². The highest BCUT2D eigenvalue weighted by atomic mass is 32.1. The summed E-state index contributed by atoms with van der Waals surface area (Å²) in [7, 11) is 0. The molecule has 156 valence electrons. The van der Waals surface area contributed by atoms with Crippen LogP contribution in [-0.4, -0.2) is 17.9 Å². The Balaban J connectivity index is 1.51. The Labute approximate surface area is 185 Å². The third-order valence-corrected chi connectivity index (χ3v) is 6.15. The standard InChI is InChI=1S/C26H24N2O2S/c1-18(21-14-13-20-10-5-6-11-22(20)17-21)27-25(29)23(16-19-8-3-2-4-9-19)28-26(30)24-12-7-15-31-24/h2-15,17-18,23H,16H2,1H3,(H,27,29)(H,28,30). The quantitative estimate of drug-likeness (QED) is 0.429. The molecule has 0 aliphatic heterocycles. The van der Waals surface area contributed by atoms with Gasteiger partial charge in [0.05, 0.1) is 10.9 Å². The molecule has 0 bridgehead atoms. The Bertz CT molecular complexity index is 1170. The normalized spacial score (nSPS) is 12.8. The lowest BCUT2D eigenvalue weighted by Crippen LogP contribution is -2.48. The number of carbonyl (C=O) groups is 2. The fraction of sp³-hybridized carbons (Fsp3) is 0.154. The zero-order valence-corrected chi connectivity index (χ0v) is 18.1. The first-order chi connectivity index (χ1) is 15.1. The lowest BCUT2D eigenvalue weighted by molar-refractivity contribution is -0.123. The fourth-order valence-electron chi connectivity index (χ4n) is 3.57. The fourth-order valence-corrected chi connectivity index (χ4v) is 4.20. The monoisotopic (exact) mass is 428 g/mol. The number of hydrogen-bond acceptors (Lipinski definition) is 3. The van der Waals surface area contributed by atoms with Crippen molar-refractivity contribution < 1.29 is 9.59 Å². The van der Waals surface area contributed by atoms with Gasteiger partial charge in [-0.1, -0.05) is 72.8 Å². The molecule has 0 radical (unpaired) electrons. The van der Waals surface area contributed by atoms with Crippen LogP contribution >= 0.6 is 11.3 Å². The number of carbonyl (C=O) groups excluding carboxylic acids is 2. The van der Waals surface area contributed by atoms with E-state index >= 15 is 0 Å². The Morgan fingerprint density at radius 1 is 0.839 bits per heavy atom. The van der Waals surface area contributed by atoms with Gasteiger partial charge in [0.1, 0.15) is 6.04 Å². The summed E-state index contributed by atoms with van der Waals surface area (Å²) in [5.41, 5.74) is 2.02. The highest BCUT2D eigenvalue weighted by Gasteiger charge is 2.24. The summed E-state index contributed by atoms with van der Waals surface area (Å²) in [5, 5.41) is 10.1. The van der Waals surface area contributed by atoms with Crippen molar-refractivity contribution in [2.24, 2.45) is 0 Å². The molecule has 0 aliphatic carbocycles. The molecule has 3 aromatic carbocycles. The van der Waals surface area contributed by atoms with Crippen molar-refractivity contribution in [2.45, 2.75) is 25.4 Å². The van der Waals surface area contributed by atoms with Crippen molar-refractivity contribution in [3.8, 4) is 0 Å². The van der Waals surface area contributed by atoms with E-state index < -0.39 is 6.04 Å². The molecule has 2 atom stereocenters. The molecule has 4 aromatic rings. The molecule has 2 N–H and O–H groups in total. The summed E-state index contributed by atoms with van der Waals surface area (Å²) in [4.78, 5) is 26.4. The smallest absolute Gasteiger partial charge is 0.262 e. The molecule has 1 aromatic heterocycles. The van der Waals surface area contributed by atoms with Gasteiger partial charge in [-0.15, -0.1) is 11.3 Å². The molecule has 5 heteroatoms. The molecule has 2 amide bonds. The van der Waals surface area contributed by atoms with Gasteiger partial charge < -0.3 is 10.6 Å². The largest absolute Gasteiger partial charge is 0.348 e. The van der Waals surface area contributed by atoms with E-state index in [9.17, 15) is 9.59 Å². The Morgan fingerprint density at radius 3 is 2.32 bits per heavy atom. The van der Waals surface area contributed by atoms with Crippen LogP contribution in [0.15, 0.2) is 90.3 Å². The van der Waals surface area contributed by atoms with E-state index in [0.717, 1.165) is 21.9 Å². The Hall–Kier alpha value is -3.44. The molecular weight excluding hydrogens is 404 g/mol. The van der Waals surface area contributed by atoms with E-state index in [-0.39, 0.29) is 17.9 Å². The maximum atomic E-state index is 13.2. The van der Waals surface area contributed by atoms with Gasteiger partial charge >= 0.3 is 0 Å². The number of hydrogen-bond donors (Lipinski definition) is 2. The van der Waals surface area contributed by atoms with Gasteiger partial charge in [-0.05, 0) is 46.3 Å². The first-order valence-electron chi connectivity index (χ1n) is 10.3. The summed E-state index contributed by atoms with van der Waals surface area (Å²) < 4.78 is 0. The van der Waals surface area contributed by atoms with Crippen LogP contribution in [0.3, 0.4) is 0 Å². The van der Waals surface area contributed by atoms with Crippen LogP contribution in [-0.2, 0) is 11.2 Å². The van der Waals surface area contributed by atoms with Gasteiger partial charge in [-0.25, -0.2) is 0 Å². The summed E-state index contributed by atoms with van der Waals surface area (Å²) >= 11 is 1.36. The third kappa shape index (κ3) is 5.19. The van der Waals surface area contributed by atoms with E-state index in [0.29, 0.717) is 11.3 Å². The number of rotatable bonds is 7.